The van der Waals surface area contributed by atoms with Crippen molar-refractivity contribution in [1.82, 2.24) is 35.6 Å². The van der Waals surface area contributed by atoms with E-state index < -0.39 is 77.1 Å². The van der Waals surface area contributed by atoms with Crippen LogP contribution in [0.2, 0.25) is 0 Å². The molecule has 8 N–H and O–H groups in total. The Kier molecular flexibility index (Phi) is 18.9. The van der Waals surface area contributed by atoms with Crippen molar-refractivity contribution >= 4 is 52.7 Å². The second-order valence-corrected chi connectivity index (χ2v) is 21.4. The molecule has 72 heavy (non-hydrogen) atoms. The van der Waals surface area contributed by atoms with Crippen LogP contribution in [0.15, 0.2) is 48.0 Å². The van der Waals surface area contributed by atoms with E-state index >= 15 is 4.39 Å². The maximum atomic E-state index is 15.9. The number of nitrogens with one attached hydrogen (secondary N) is 3. The second-order valence-electron chi connectivity index (χ2n) is 20.5. The summed E-state index contributed by atoms with van der Waals surface area (Å²) in [6.07, 6.45) is 2.65. The minimum atomic E-state index is -0.989. The fourth-order valence-corrected chi connectivity index (χ4v) is 10.6. The third-order valence-corrected chi connectivity index (χ3v) is 14.9. The highest BCUT2D eigenvalue weighted by atomic mass is 32.1. The lowest BCUT2D eigenvalue weighted by Gasteiger charge is -2.37. The lowest BCUT2D eigenvalue weighted by Crippen LogP contribution is -2.59. The van der Waals surface area contributed by atoms with Crippen molar-refractivity contribution in [3.63, 3.8) is 0 Å². The van der Waals surface area contributed by atoms with Crippen LogP contribution in [0, 0.1) is 18.2 Å². The number of aliphatic hydroxyl groups excluding tert-OH is 1. The largest absolute Gasteiger partial charge is 0.488 e. The van der Waals surface area contributed by atoms with Gasteiger partial charge in [-0.1, -0.05) is 63.6 Å². The molecule has 3 aromatic rings. The smallest absolute Gasteiger partial charge is 0.246 e. The molecule has 8 atom stereocenters. The molecule has 0 spiro atoms. The van der Waals surface area contributed by atoms with Crippen LogP contribution < -0.4 is 32.2 Å². The maximum Gasteiger partial charge on any atom is 0.246 e. The van der Waals surface area contributed by atoms with Crippen molar-refractivity contribution in [2.45, 2.75) is 161 Å². The molecule has 3 fully saturated rings. The summed E-state index contributed by atoms with van der Waals surface area (Å²) in [6.45, 7) is 11.0. The number of fused-ring (bicyclic) bond motifs is 1. The van der Waals surface area contributed by atoms with E-state index in [1.54, 1.807) is 33.9 Å². The van der Waals surface area contributed by atoms with Crippen LogP contribution in [0.4, 0.5) is 4.39 Å². The van der Waals surface area contributed by atoms with E-state index in [-0.39, 0.29) is 75.0 Å². The van der Waals surface area contributed by atoms with Gasteiger partial charge in [0.25, 0.3) is 0 Å². The van der Waals surface area contributed by atoms with Crippen molar-refractivity contribution in [3.05, 3.63) is 70.6 Å². The highest BCUT2D eigenvalue weighted by molar-refractivity contribution is 7.13. The van der Waals surface area contributed by atoms with Gasteiger partial charge >= 0.3 is 0 Å². The van der Waals surface area contributed by atoms with Crippen LogP contribution in [0.1, 0.15) is 122 Å². The minimum Gasteiger partial charge on any atom is -0.488 e. The molecule has 3 saturated heterocycles. The van der Waals surface area contributed by atoms with Crippen LogP contribution in [0.3, 0.4) is 0 Å². The molecule has 18 nitrogen and oxygen atoms in total. The molecule has 3 aliphatic rings. The van der Waals surface area contributed by atoms with Gasteiger partial charge in [0, 0.05) is 51.9 Å². The Hall–Kier alpha value is -5.99. The lowest BCUT2D eigenvalue weighted by molar-refractivity contribution is -0.144. The number of aryl methyl sites for hydroxylation is 2. The highest BCUT2D eigenvalue weighted by Gasteiger charge is 2.46. The molecule has 0 aliphatic carbocycles. The number of nitrogens with zero attached hydrogens (tertiary/aromatic N) is 4. The third kappa shape index (κ3) is 14.2. The number of nitrogens with two attached hydrogens (primary N) is 2. The molecule has 392 valence electrons. The highest BCUT2D eigenvalue weighted by Crippen LogP contribution is 2.32. The number of unbranched alkanes of at least 4 members (excludes halogenated alkanes) is 2. The van der Waals surface area contributed by atoms with Gasteiger partial charge in [0.2, 0.25) is 41.4 Å². The molecule has 3 aliphatic heterocycles. The summed E-state index contributed by atoms with van der Waals surface area (Å²) in [5.41, 5.74) is 16.0. The number of hydrogen-bond donors (Lipinski definition) is 6. The molecule has 7 amide bonds. The Bertz CT molecular complexity index is 2430. The Labute approximate surface area is 425 Å². The molecule has 0 bridgehead atoms. The van der Waals surface area contributed by atoms with Crippen molar-refractivity contribution in [1.29, 1.82) is 0 Å². The van der Waals surface area contributed by atoms with E-state index in [1.807, 2.05) is 58.9 Å². The van der Waals surface area contributed by atoms with Crippen molar-refractivity contribution in [2.75, 3.05) is 26.2 Å². The number of halogens is 1. The first-order chi connectivity index (χ1) is 34.1. The molecule has 1 aromatic heterocycles. The fraction of sp³-hybridized carbons (Fsp3) is 0.577. The van der Waals surface area contributed by atoms with Crippen molar-refractivity contribution < 1.29 is 47.8 Å². The van der Waals surface area contributed by atoms with Crippen LogP contribution in [0.25, 0.3) is 10.4 Å². The lowest BCUT2D eigenvalue weighted by atomic mass is 9.85. The first kappa shape index (κ1) is 55.3. The molecule has 0 radical (unpaired) electrons. The summed E-state index contributed by atoms with van der Waals surface area (Å²) < 4.78 is 21.8. The number of hydrogen-bond acceptors (Lipinski definition) is 12. The number of rotatable bonds is 20. The third-order valence-electron chi connectivity index (χ3n) is 14.0. The summed E-state index contributed by atoms with van der Waals surface area (Å²) >= 11 is 1.56. The molecule has 0 saturated carbocycles. The molecule has 20 heteroatoms. The molecule has 4 heterocycles. The number of ether oxygens (including phenoxy) is 1. The zero-order valence-electron chi connectivity index (χ0n) is 42.3. The second kappa shape index (κ2) is 24.6. The predicted octanol–water partition coefficient (Wildman–Crippen LogP) is 3.80. The number of amides is 7. The first-order valence-corrected chi connectivity index (χ1v) is 25.9. The van der Waals surface area contributed by atoms with E-state index in [0.717, 1.165) is 21.7 Å². The number of primary amides is 1. The quantitative estimate of drug-likeness (QED) is 0.0888. The van der Waals surface area contributed by atoms with Gasteiger partial charge in [0.1, 0.15) is 30.8 Å². The zero-order chi connectivity index (χ0) is 52.4. The summed E-state index contributed by atoms with van der Waals surface area (Å²) in [5.74, 6) is -3.45. The van der Waals surface area contributed by atoms with Crippen molar-refractivity contribution in [2.24, 2.45) is 16.9 Å². The van der Waals surface area contributed by atoms with Gasteiger partial charge in [-0.25, -0.2) is 9.37 Å². The van der Waals surface area contributed by atoms with E-state index in [2.05, 4.69) is 20.9 Å². The van der Waals surface area contributed by atoms with Gasteiger partial charge in [0.05, 0.1) is 34.3 Å². The SMILES string of the molecule is CC(=O)N1CC[C@H]2CC[C@@H](C(=O)N[C@@H](CCC(N)=O)COc3cccc(CCCCCC(=O)N[C@H](C(=O)N4C[C@H](O)C[C@H]4C(=O)N[C@@H](C)c4ccc(-c5scnc5C)cc4)C(C)(C)C)c3F)N2C(=O)[C@@H](N)C1. The summed E-state index contributed by atoms with van der Waals surface area (Å²) in [6, 6.07) is 7.52. The Morgan fingerprint density at radius 1 is 0.944 bits per heavy atom. The van der Waals surface area contributed by atoms with E-state index in [9.17, 15) is 38.7 Å². The average molecular weight is 1020 g/mol. The molecular weight excluding hydrogens is 946 g/mol. The van der Waals surface area contributed by atoms with E-state index in [0.29, 0.717) is 57.1 Å². The zero-order valence-corrected chi connectivity index (χ0v) is 43.1. The number of likely N-dealkylation sites (tertiary alicyclic amines) is 1. The van der Waals surface area contributed by atoms with Gasteiger partial charge in [-0.3, -0.25) is 33.6 Å². The Balaban J connectivity index is 0.976. The molecular formula is C52H72FN9O9S. The number of carbonyl (C=O) groups is 7. The average Bonchev–Trinajstić information content (AvgIpc) is 4.07. The number of β-amino-alcohol motifs (C(OH)–C–C–N with tert-alkyl or cyclic N) is 1. The number of carbonyl (C=O) groups excluding carboxylic acids is 7. The van der Waals surface area contributed by atoms with E-state index in [1.165, 1.54) is 22.8 Å². The summed E-state index contributed by atoms with van der Waals surface area (Å²) in [7, 11) is 0. The number of benzene rings is 2. The molecule has 6 rings (SSSR count). The first-order valence-electron chi connectivity index (χ1n) is 25.0. The predicted molar refractivity (Wildman–Crippen MR) is 269 cm³/mol. The molecule has 2 aromatic carbocycles. The summed E-state index contributed by atoms with van der Waals surface area (Å²) in [4.78, 5) is 102. The maximum absolute atomic E-state index is 15.9. The van der Waals surface area contributed by atoms with Crippen LogP contribution in [-0.2, 0) is 40.0 Å². The van der Waals surface area contributed by atoms with Crippen LogP contribution in [0.5, 0.6) is 5.75 Å². The standard InChI is InChI=1S/C52H72FN9O9S/c1-30(33-15-17-35(18-16-33)46-31(2)56-29-72-46)57-49(68)41-25-38(64)26-61(41)51(70)47(52(4,5)6)59-44(66)14-9-7-8-11-34-12-10-13-42(45(34)53)71-28-36(19-22-43(55)65)58-48(67)40-21-20-37-23-24-60(32(3)63)27-39(54)50(69)62(37)40/h10,12-13,15-18,29-30,36-41,47,64H,7-9,11,14,19-28,54H2,1-6H3,(H2,55,65)(H,57,68)(H,58,67)(H,59,66)/t30-,36-,37+,38+,39-,40-,41-,47+/m0/s1. The number of aromatic nitrogens is 1. The molecule has 0 unspecified atom stereocenters. The summed E-state index contributed by atoms with van der Waals surface area (Å²) in [5, 5.41) is 19.5. The van der Waals surface area contributed by atoms with E-state index in [4.69, 9.17) is 16.2 Å². The minimum absolute atomic E-state index is 0.0448. The Morgan fingerprint density at radius 3 is 2.33 bits per heavy atom. The van der Waals surface area contributed by atoms with Crippen molar-refractivity contribution in [3.8, 4) is 16.2 Å². The van der Waals surface area contributed by atoms with Gasteiger partial charge in [0.15, 0.2) is 11.6 Å². The normalized spacial score (nSPS) is 21.5. The van der Waals surface area contributed by atoms with Gasteiger partial charge in [-0.2, -0.15) is 0 Å². The number of aliphatic hydroxyl groups is 1. The van der Waals surface area contributed by atoms with Gasteiger partial charge < -0.3 is 52.0 Å². The monoisotopic (exact) mass is 1020 g/mol. The fourth-order valence-electron chi connectivity index (χ4n) is 9.84. The van der Waals surface area contributed by atoms with Crippen LogP contribution >= 0.6 is 11.3 Å². The topological polar surface area (TPSA) is 260 Å². The Morgan fingerprint density at radius 2 is 1.67 bits per heavy atom. The van der Waals surface area contributed by atoms with Crippen LogP contribution in [-0.4, -0.2) is 135 Å². The van der Waals surface area contributed by atoms with Gasteiger partial charge in [-0.05, 0) is 87.0 Å². The number of thiazole rings is 1. The van der Waals surface area contributed by atoms with Gasteiger partial charge in [-0.15, -0.1) is 11.3 Å².